The molecule has 1 N–H and O–H groups in total. The van der Waals surface area contributed by atoms with Gasteiger partial charge in [0.2, 0.25) is 0 Å². The Bertz CT molecular complexity index is 1090. The minimum atomic E-state index is -0.535. The van der Waals surface area contributed by atoms with E-state index in [1.54, 1.807) is 12.1 Å². The van der Waals surface area contributed by atoms with Crippen molar-refractivity contribution in [1.29, 1.82) is 0 Å². The van der Waals surface area contributed by atoms with Crippen LogP contribution in [0.5, 0.6) is 0 Å². The summed E-state index contributed by atoms with van der Waals surface area (Å²) >= 11 is 0. The maximum Gasteiger partial charge on any atom is 0.407 e. The van der Waals surface area contributed by atoms with E-state index in [4.69, 9.17) is 9.47 Å². The number of alkyl carbamates (subject to hydrolysis) is 1. The summed E-state index contributed by atoms with van der Waals surface area (Å²) in [5.41, 5.74) is 2.81. The molecule has 0 aliphatic heterocycles. The van der Waals surface area contributed by atoms with Crippen LogP contribution < -0.4 is 5.32 Å². The molecule has 0 atom stereocenters. The third-order valence-electron chi connectivity index (χ3n) is 4.16. The zero-order chi connectivity index (χ0) is 22.8. The van der Waals surface area contributed by atoms with Gasteiger partial charge in [-0.3, -0.25) is 0 Å². The molecule has 0 spiro atoms. The number of carbonyl (C=O) groups excluding carboxylic acids is 2. The van der Waals surface area contributed by atoms with Gasteiger partial charge >= 0.3 is 12.1 Å². The molecule has 3 rings (SSSR count). The average molecular weight is 424 g/mol. The fraction of sp³-hybridized carbons (Fsp3) is 0.375. The molecule has 0 saturated carbocycles. The highest BCUT2D eigenvalue weighted by molar-refractivity contribution is 5.90. The van der Waals surface area contributed by atoms with Crippen molar-refractivity contribution in [2.45, 2.75) is 59.3 Å². The number of esters is 1. The van der Waals surface area contributed by atoms with Gasteiger partial charge in [0.25, 0.3) is 0 Å². The van der Waals surface area contributed by atoms with Gasteiger partial charge in [0.15, 0.2) is 0 Å². The van der Waals surface area contributed by atoms with Crippen LogP contribution in [0.1, 0.15) is 57.5 Å². The molecule has 0 unspecified atom stereocenters. The number of imidazole rings is 1. The molecule has 1 aromatic carbocycles. The zero-order valence-electron chi connectivity index (χ0n) is 18.9. The summed E-state index contributed by atoms with van der Waals surface area (Å²) in [5.74, 6) is -0.351. The van der Waals surface area contributed by atoms with Crippen molar-refractivity contribution < 1.29 is 19.1 Å². The SMILES string of the molecule is CC(C)(C)OC(=O)NCc1ccc2nc(-c3ccc(C(=O)OC(C)(C)C)cc3)cn2c1. The number of benzene rings is 1. The van der Waals surface area contributed by atoms with Crippen LogP contribution in [0.15, 0.2) is 48.8 Å². The molecular formula is C24H29N3O4. The molecule has 0 saturated heterocycles. The molecule has 164 valence electrons. The summed E-state index contributed by atoms with van der Waals surface area (Å²) < 4.78 is 12.6. The summed E-state index contributed by atoms with van der Waals surface area (Å²) in [5, 5.41) is 2.75. The standard InChI is InChI=1S/C24H29N3O4/c1-23(2,3)30-21(28)18-10-8-17(9-11-18)19-15-27-14-16(7-12-20(27)26-19)13-25-22(29)31-24(4,5)6/h7-12,14-15H,13H2,1-6H3,(H,25,29). The van der Waals surface area contributed by atoms with Gasteiger partial charge in [-0.15, -0.1) is 0 Å². The van der Waals surface area contributed by atoms with Gasteiger partial charge in [-0.05, 0) is 65.3 Å². The van der Waals surface area contributed by atoms with Gasteiger partial charge in [-0.2, -0.15) is 0 Å². The van der Waals surface area contributed by atoms with E-state index in [2.05, 4.69) is 10.3 Å². The number of fused-ring (bicyclic) bond motifs is 1. The van der Waals surface area contributed by atoms with Crippen LogP contribution in [-0.2, 0) is 16.0 Å². The predicted molar refractivity (Wildman–Crippen MR) is 119 cm³/mol. The van der Waals surface area contributed by atoms with Gasteiger partial charge in [-0.1, -0.05) is 18.2 Å². The molecule has 0 radical (unpaired) electrons. The molecule has 2 heterocycles. The normalized spacial score (nSPS) is 11.9. The fourth-order valence-electron chi connectivity index (χ4n) is 2.88. The van der Waals surface area contributed by atoms with Crippen LogP contribution in [-0.4, -0.2) is 32.6 Å². The number of ether oxygens (including phenoxy) is 2. The molecule has 0 bridgehead atoms. The predicted octanol–water partition coefficient (Wildman–Crippen LogP) is 4.98. The second-order valence-corrected chi connectivity index (χ2v) is 9.36. The number of nitrogens with one attached hydrogen (secondary N) is 1. The van der Waals surface area contributed by atoms with Crippen molar-refractivity contribution >= 4 is 17.7 Å². The average Bonchev–Trinajstić information content (AvgIpc) is 3.07. The Kier molecular flexibility index (Phi) is 6.06. The molecular weight excluding hydrogens is 394 g/mol. The fourth-order valence-corrected chi connectivity index (χ4v) is 2.88. The minimum Gasteiger partial charge on any atom is -0.456 e. The lowest BCUT2D eigenvalue weighted by atomic mass is 10.1. The maximum absolute atomic E-state index is 12.2. The lowest BCUT2D eigenvalue weighted by molar-refractivity contribution is 0.00692. The van der Waals surface area contributed by atoms with Crippen LogP contribution in [0, 0.1) is 0 Å². The van der Waals surface area contributed by atoms with E-state index < -0.39 is 17.3 Å². The Morgan fingerprint density at radius 3 is 2.16 bits per heavy atom. The van der Waals surface area contributed by atoms with Crippen molar-refractivity contribution in [2.75, 3.05) is 0 Å². The summed E-state index contributed by atoms with van der Waals surface area (Å²) in [6.07, 6.45) is 3.37. The number of nitrogens with zero attached hydrogens (tertiary/aromatic N) is 2. The smallest absolute Gasteiger partial charge is 0.407 e. The molecule has 7 nitrogen and oxygen atoms in total. The van der Waals surface area contributed by atoms with E-state index in [-0.39, 0.29) is 5.97 Å². The molecule has 2 aromatic heterocycles. The van der Waals surface area contributed by atoms with Crippen LogP contribution in [0.25, 0.3) is 16.9 Å². The summed E-state index contributed by atoms with van der Waals surface area (Å²) in [7, 11) is 0. The first kappa shape index (κ1) is 22.3. The van der Waals surface area contributed by atoms with E-state index in [1.807, 2.05) is 82.6 Å². The second kappa shape index (κ2) is 8.41. The molecule has 0 aliphatic rings. The van der Waals surface area contributed by atoms with Gasteiger partial charge in [0, 0.05) is 24.5 Å². The highest BCUT2D eigenvalue weighted by atomic mass is 16.6. The molecule has 0 fully saturated rings. The molecule has 1 amide bonds. The molecule has 7 heteroatoms. The van der Waals surface area contributed by atoms with Crippen molar-refractivity contribution in [3.63, 3.8) is 0 Å². The lowest BCUT2D eigenvalue weighted by Gasteiger charge is -2.19. The zero-order valence-corrected chi connectivity index (χ0v) is 18.9. The van der Waals surface area contributed by atoms with Crippen LogP contribution in [0.2, 0.25) is 0 Å². The first-order chi connectivity index (χ1) is 14.4. The Labute approximate surface area is 182 Å². The third kappa shape index (κ3) is 6.31. The van der Waals surface area contributed by atoms with Crippen molar-refractivity contribution in [3.8, 4) is 11.3 Å². The lowest BCUT2D eigenvalue weighted by Crippen LogP contribution is -2.32. The van der Waals surface area contributed by atoms with Gasteiger partial charge in [-0.25, -0.2) is 14.6 Å². The quantitative estimate of drug-likeness (QED) is 0.599. The van der Waals surface area contributed by atoms with E-state index in [0.29, 0.717) is 12.1 Å². The third-order valence-corrected chi connectivity index (χ3v) is 4.16. The van der Waals surface area contributed by atoms with Crippen molar-refractivity contribution in [2.24, 2.45) is 0 Å². The maximum atomic E-state index is 12.2. The minimum absolute atomic E-state index is 0.350. The van der Waals surface area contributed by atoms with Crippen molar-refractivity contribution in [1.82, 2.24) is 14.7 Å². The van der Waals surface area contributed by atoms with Crippen molar-refractivity contribution in [3.05, 3.63) is 59.9 Å². The van der Waals surface area contributed by atoms with Gasteiger partial charge in [0.05, 0.1) is 11.3 Å². The number of pyridine rings is 1. The van der Waals surface area contributed by atoms with E-state index in [9.17, 15) is 9.59 Å². The summed E-state index contributed by atoms with van der Waals surface area (Å²) in [4.78, 5) is 28.7. The Morgan fingerprint density at radius 1 is 0.903 bits per heavy atom. The highest BCUT2D eigenvalue weighted by Gasteiger charge is 2.18. The van der Waals surface area contributed by atoms with E-state index >= 15 is 0 Å². The number of hydrogen-bond donors (Lipinski definition) is 1. The van der Waals surface area contributed by atoms with Gasteiger partial charge < -0.3 is 19.2 Å². The summed E-state index contributed by atoms with van der Waals surface area (Å²) in [6.45, 7) is 11.3. The number of hydrogen-bond acceptors (Lipinski definition) is 5. The molecule has 3 aromatic rings. The monoisotopic (exact) mass is 423 g/mol. The Hall–Kier alpha value is -3.35. The molecule has 0 aliphatic carbocycles. The summed E-state index contributed by atoms with van der Waals surface area (Å²) in [6, 6.07) is 11.0. The number of rotatable bonds is 4. The number of aromatic nitrogens is 2. The first-order valence-electron chi connectivity index (χ1n) is 10.2. The van der Waals surface area contributed by atoms with Crippen LogP contribution in [0.4, 0.5) is 4.79 Å². The van der Waals surface area contributed by atoms with E-state index in [0.717, 1.165) is 22.5 Å². The second-order valence-electron chi connectivity index (χ2n) is 9.36. The highest BCUT2D eigenvalue weighted by Crippen LogP contribution is 2.21. The Morgan fingerprint density at radius 2 is 1.55 bits per heavy atom. The van der Waals surface area contributed by atoms with E-state index in [1.165, 1.54) is 0 Å². The first-order valence-corrected chi connectivity index (χ1v) is 10.2. The van der Waals surface area contributed by atoms with Crippen LogP contribution in [0.3, 0.4) is 0 Å². The van der Waals surface area contributed by atoms with Crippen LogP contribution >= 0.6 is 0 Å². The van der Waals surface area contributed by atoms with Gasteiger partial charge in [0.1, 0.15) is 16.8 Å². The number of carbonyl (C=O) groups is 2. The number of amides is 1. The Balaban J connectivity index is 1.71. The molecule has 31 heavy (non-hydrogen) atoms. The largest absolute Gasteiger partial charge is 0.456 e. The topological polar surface area (TPSA) is 81.9 Å².